The monoisotopic (exact) mass is 436 g/mol. The summed E-state index contributed by atoms with van der Waals surface area (Å²) in [5, 5.41) is 6.61. The zero-order valence-electron chi connectivity index (χ0n) is 17.6. The van der Waals surface area contributed by atoms with E-state index in [0.29, 0.717) is 48.8 Å². The lowest BCUT2D eigenvalue weighted by Gasteiger charge is -2.30. The van der Waals surface area contributed by atoms with E-state index >= 15 is 0 Å². The molecule has 1 saturated heterocycles. The number of halogens is 3. The van der Waals surface area contributed by atoms with E-state index in [0.717, 1.165) is 25.5 Å². The Kier molecular flexibility index (Phi) is 5.92. The highest BCUT2D eigenvalue weighted by molar-refractivity contribution is 5.96. The molecule has 1 fully saturated rings. The van der Waals surface area contributed by atoms with E-state index in [1.807, 2.05) is 0 Å². The minimum absolute atomic E-state index is 0.0472. The van der Waals surface area contributed by atoms with Crippen LogP contribution in [-0.4, -0.2) is 58.0 Å². The van der Waals surface area contributed by atoms with Crippen molar-refractivity contribution in [3.63, 3.8) is 0 Å². The van der Waals surface area contributed by atoms with Crippen LogP contribution in [0.3, 0.4) is 0 Å². The third kappa shape index (κ3) is 4.39. The van der Waals surface area contributed by atoms with E-state index in [-0.39, 0.29) is 23.6 Å². The first-order valence-electron chi connectivity index (χ1n) is 10.7. The van der Waals surface area contributed by atoms with Gasteiger partial charge in [0.25, 0.3) is 5.91 Å². The maximum atomic E-state index is 13.8. The zero-order chi connectivity index (χ0) is 22.2. The Bertz CT molecular complexity index is 949. The lowest BCUT2D eigenvalue weighted by Crippen LogP contribution is -2.44. The molecule has 0 unspecified atom stereocenters. The van der Waals surface area contributed by atoms with Crippen molar-refractivity contribution >= 4 is 11.9 Å². The number of aromatic amines is 1. The van der Waals surface area contributed by atoms with Crippen molar-refractivity contribution in [2.24, 2.45) is 0 Å². The highest BCUT2D eigenvalue weighted by atomic mass is 19.4. The third-order valence-electron chi connectivity index (χ3n) is 6.16. The number of amides is 1. The van der Waals surface area contributed by atoms with Gasteiger partial charge in [0.1, 0.15) is 11.3 Å². The van der Waals surface area contributed by atoms with E-state index in [2.05, 4.69) is 32.5 Å². The van der Waals surface area contributed by atoms with Gasteiger partial charge < -0.3 is 20.5 Å². The number of rotatable bonds is 4. The maximum Gasteiger partial charge on any atom is 0.419 e. The normalized spacial score (nSPS) is 22.2. The Morgan fingerprint density at radius 2 is 2.13 bits per heavy atom. The SMILES string of the molecule is CC[C@H]1CC[C@H](Nc2ncc(C(F)(F)F)c(-c3c[nH]c4c3CCCN(C)C4=O)n2)CN1. The smallest absolute Gasteiger partial charge is 0.356 e. The molecule has 2 aliphatic rings. The minimum atomic E-state index is -4.61. The van der Waals surface area contributed by atoms with Gasteiger partial charge in [-0.1, -0.05) is 6.92 Å². The number of nitrogens with one attached hydrogen (secondary N) is 3. The van der Waals surface area contributed by atoms with Gasteiger partial charge in [-0.05, 0) is 37.7 Å². The molecular formula is C21H27F3N6O. The molecule has 2 aromatic heterocycles. The molecule has 168 valence electrons. The quantitative estimate of drug-likeness (QED) is 0.684. The second-order valence-electron chi connectivity index (χ2n) is 8.27. The van der Waals surface area contributed by atoms with Crippen molar-refractivity contribution in [1.29, 1.82) is 0 Å². The summed E-state index contributed by atoms with van der Waals surface area (Å²) in [4.78, 5) is 25.3. The van der Waals surface area contributed by atoms with Gasteiger partial charge in [0.2, 0.25) is 5.95 Å². The summed E-state index contributed by atoms with van der Waals surface area (Å²) in [5.74, 6) is -0.0600. The lowest BCUT2D eigenvalue weighted by molar-refractivity contribution is -0.137. The Balaban J connectivity index is 1.69. The largest absolute Gasteiger partial charge is 0.419 e. The molecule has 0 radical (unpaired) electrons. The van der Waals surface area contributed by atoms with E-state index in [1.165, 1.54) is 6.20 Å². The molecule has 1 amide bonds. The molecule has 0 saturated carbocycles. The summed E-state index contributed by atoms with van der Waals surface area (Å²) in [7, 11) is 1.69. The second-order valence-corrected chi connectivity index (χ2v) is 8.27. The number of fused-ring (bicyclic) bond motifs is 1. The Labute approximate surface area is 178 Å². The Morgan fingerprint density at radius 1 is 1.32 bits per heavy atom. The summed E-state index contributed by atoms with van der Waals surface area (Å²) >= 11 is 0. The van der Waals surface area contributed by atoms with Crippen LogP contribution in [0, 0.1) is 0 Å². The summed E-state index contributed by atoms with van der Waals surface area (Å²) in [5.41, 5.74) is 0.116. The maximum absolute atomic E-state index is 13.8. The van der Waals surface area contributed by atoms with E-state index in [9.17, 15) is 18.0 Å². The number of hydrogen-bond donors (Lipinski definition) is 3. The highest BCUT2D eigenvalue weighted by Gasteiger charge is 2.37. The molecule has 7 nitrogen and oxygen atoms in total. The van der Waals surface area contributed by atoms with Crippen molar-refractivity contribution in [2.75, 3.05) is 25.5 Å². The van der Waals surface area contributed by atoms with E-state index < -0.39 is 11.7 Å². The molecule has 2 aromatic rings. The molecule has 2 atom stereocenters. The molecule has 0 bridgehead atoms. The van der Waals surface area contributed by atoms with Crippen molar-refractivity contribution in [1.82, 2.24) is 25.2 Å². The molecule has 2 aliphatic heterocycles. The van der Waals surface area contributed by atoms with Crippen molar-refractivity contribution in [3.05, 3.63) is 29.2 Å². The molecule has 3 N–H and O–H groups in total. The fourth-order valence-corrected chi connectivity index (χ4v) is 4.33. The first kappa shape index (κ1) is 21.6. The molecule has 31 heavy (non-hydrogen) atoms. The number of piperidine rings is 1. The predicted octanol–water partition coefficient (Wildman–Crippen LogP) is 3.45. The first-order valence-corrected chi connectivity index (χ1v) is 10.7. The molecule has 0 aliphatic carbocycles. The van der Waals surface area contributed by atoms with Crippen LogP contribution in [0.1, 0.15) is 54.2 Å². The number of hydrogen-bond acceptors (Lipinski definition) is 5. The van der Waals surface area contributed by atoms with Crippen LogP contribution in [0.15, 0.2) is 12.4 Å². The molecule has 4 rings (SSSR count). The third-order valence-corrected chi connectivity index (χ3v) is 6.16. The highest BCUT2D eigenvalue weighted by Crippen LogP contribution is 2.39. The number of alkyl halides is 3. The minimum Gasteiger partial charge on any atom is -0.356 e. The van der Waals surface area contributed by atoms with Gasteiger partial charge in [-0.25, -0.2) is 9.97 Å². The molecule has 10 heteroatoms. The van der Waals surface area contributed by atoms with Gasteiger partial charge in [0, 0.05) is 50.2 Å². The van der Waals surface area contributed by atoms with Crippen molar-refractivity contribution in [3.8, 4) is 11.3 Å². The summed E-state index contributed by atoms with van der Waals surface area (Å²) < 4.78 is 41.3. The number of carbonyl (C=O) groups is 1. The average molecular weight is 436 g/mol. The van der Waals surface area contributed by atoms with Gasteiger partial charge >= 0.3 is 6.18 Å². The average Bonchev–Trinajstić information content (AvgIpc) is 3.10. The van der Waals surface area contributed by atoms with Crippen LogP contribution in [-0.2, 0) is 12.6 Å². The van der Waals surface area contributed by atoms with Crippen LogP contribution >= 0.6 is 0 Å². The predicted molar refractivity (Wildman–Crippen MR) is 111 cm³/mol. The van der Waals surface area contributed by atoms with Gasteiger partial charge in [0.15, 0.2) is 0 Å². The number of aromatic nitrogens is 3. The fraction of sp³-hybridized carbons (Fsp3) is 0.571. The standard InChI is InChI=1S/C21H27F3N6O/c1-3-12-6-7-13(9-25-12)28-20-27-11-16(21(22,23)24)17(29-20)15-10-26-18-14(15)5-4-8-30(2)19(18)31/h10-13,25-26H,3-9H2,1-2H3,(H,27,28,29)/t12-,13-/m0/s1. The topological polar surface area (TPSA) is 85.9 Å². The van der Waals surface area contributed by atoms with Crippen molar-refractivity contribution < 1.29 is 18.0 Å². The second kappa shape index (κ2) is 8.49. The fourth-order valence-electron chi connectivity index (χ4n) is 4.33. The lowest BCUT2D eigenvalue weighted by atomic mass is 9.99. The van der Waals surface area contributed by atoms with Crippen LogP contribution in [0.5, 0.6) is 0 Å². The Morgan fingerprint density at radius 3 is 2.81 bits per heavy atom. The number of anilines is 1. The first-order chi connectivity index (χ1) is 14.8. The van der Waals surface area contributed by atoms with E-state index in [1.54, 1.807) is 11.9 Å². The van der Waals surface area contributed by atoms with Gasteiger partial charge in [-0.15, -0.1) is 0 Å². The number of carbonyl (C=O) groups excluding carboxylic acids is 1. The zero-order valence-corrected chi connectivity index (χ0v) is 17.6. The van der Waals surface area contributed by atoms with E-state index in [4.69, 9.17) is 0 Å². The summed E-state index contributed by atoms with van der Waals surface area (Å²) in [6, 6.07) is 0.513. The molecule has 0 aromatic carbocycles. The van der Waals surface area contributed by atoms with Crippen LogP contribution in [0.2, 0.25) is 0 Å². The van der Waals surface area contributed by atoms with Gasteiger partial charge in [-0.2, -0.15) is 13.2 Å². The van der Waals surface area contributed by atoms with Crippen LogP contribution in [0.25, 0.3) is 11.3 Å². The summed E-state index contributed by atoms with van der Waals surface area (Å²) in [6.07, 6.45) is 1.78. The van der Waals surface area contributed by atoms with Crippen LogP contribution in [0.4, 0.5) is 19.1 Å². The van der Waals surface area contributed by atoms with Crippen molar-refractivity contribution in [2.45, 2.75) is 57.3 Å². The van der Waals surface area contributed by atoms with Gasteiger partial charge in [0.05, 0.1) is 5.69 Å². The van der Waals surface area contributed by atoms with Crippen LogP contribution < -0.4 is 10.6 Å². The number of H-pyrrole nitrogens is 1. The van der Waals surface area contributed by atoms with Gasteiger partial charge in [-0.3, -0.25) is 4.79 Å². The summed E-state index contributed by atoms with van der Waals surface area (Å²) in [6.45, 7) is 3.38. The Hall–Kier alpha value is -2.62. The molecule has 4 heterocycles. The number of nitrogens with zero attached hydrogens (tertiary/aromatic N) is 3. The molecule has 0 spiro atoms. The molecular weight excluding hydrogens is 409 g/mol.